The van der Waals surface area contributed by atoms with Crippen molar-refractivity contribution in [1.29, 1.82) is 0 Å². The Morgan fingerprint density at radius 2 is 1.97 bits per heavy atom. The third-order valence-electron chi connectivity index (χ3n) is 9.45. The summed E-state index contributed by atoms with van der Waals surface area (Å²) in [6.07, 6.45) is 17.5. The van der Waals surface area contributed by atoms with Crippen LogP contribution in [0.1, 0.15) is 85.0 Å². The molecule has 5 heteroatoms. The number of fused-ring (bicyclic) bond motifs is 1. The van der Waals surface area contributed by atoms with Crippen LogP contribution in [0.15, 0.2) is 47.6 Å². The summed E-state index contributed by atoms with van der Waals surface area (Å²) in [5.74, 6) is 1.26. The first-order valence-corrected chi connectivity index (χ1v) is 14.0. The number of carbonyl (C=O) groups excluding carboxylic acids is 1. The number of aliphatic hydroxyl groups is 3. The maximum absolute atomic E-state index is 12.5. The van der Waals surface area contributed by atoms with Crippen LogP contribution in [0, 0.1) is 28.6 Å². The molecule has 0 aromatic rings. The van der Waals surface area contributed by atoms with Gasteiger partial charge in [-0.3, -0.25) is 4.79 Å². The monoisotopic (exact) mass is 498 g/mol. The first kappa shape index (κ1) is 27.3. The van der Waals surface area contributed by atoms with E-state index < -0.39 is 17.6 Å². The summed E-state index contributed by atoms with van der Waals surface area (Å²) in [5.41, 5.74) is 2.62. The molecule has 4 fully saturated rings. The molecule has 0 aromatic heterocycles. The molecule has 4 aliphatic rings. The number of aliphatic hydroxyl groups excluding tert-OH is 3. The molecule has 0 bridgehead atoms. The normalized spacial score (nSPS) is 36.4. The van der Waals surface area contributed by atoms with Gasteiger partial charge in [-0.1, -0.05) is 37.3 Å². The molecular weight excluding hydrogens is 452 g/mol. The number of carbonyl (C=O) groups is 1. The van der Waals surface area contributed by atoms with Gasteiger partial charge in [0.05, 0.1) is 24.2 Å². The summed E-state index contributed by atoms with van der Waals surface area (Å²) in [6.45, 7) is 9.75. The Kier molecular flexibility index (Phi) is 8.33. The van der Waals surface area contributed by atoms with Gasteiger partial charge in [0.15, 0.2) is 0 Å². The third kappa shape index (κ3) is 5.89. The summed E-state index contributed by atoms with van der Waals surface area (Å²) < 4.78 is 5.81. The van der Waals surface area contributed by atoms with Crippen molar-refractivity contribution in [2.75, 3.05) is 6.61 Å². The lowest BCUT2D eigenvalue weighted by atomic mass is 9.63. The van der Waals surface area contributed by atoms with Gasteiger partial charge in [0, 0.05) is 6.42 Å². The van der Waals surface area contributed by atoms with E-state index in [2.05, 4.69) is 37.8 Å². The number of hydrogen-bond acceptors (Lipinski definition) is 5. The van der Waals surface area contributed by atoms with E-state index >= 15 is 0 Å². The van der Waals surface area contributed by atoms with Gasteiger partial charge in [-0.15, -0.1) is 0 Å². The maximum atomic E-state index is 12.5. The Balaban J connectivity index is 1.41. The smallest absolute Gasteiger partial charge is 0.314 e. The third-order valence-corrected chi connectivity index (χ3v) is 9.45. The fraction of sp³-hybridized carbons (Fsp3) is 0.710. The van der Waals surface area contributed by atoms with Crippen molar-refractivity contribution in [1.82, 2.24) is 0 Å². The van der Waals surface area contributed by atoms with Gasteiger partial charge in [0.2, 0.25) is 0 Å². The molecule has 0 aromatic carbocycles. The average Bonchev–Trinajstić information content (AvgIpc) is 3.62. The van der Waals surface area contributed by atoms with E-state index in [9.17, 15) is 20.1 Å². The van der Waals surface area contributed by atoms with Crippen molar-refractivity contribution >= 4 is 5.97 Å². The first-order chi connectivity index (χ1) is 17.0. The number of rotatable bonds is 8. The van der Waals surface area contributed by atoms with E-state index in [1.165, 1.54) is 31.3 Å². The minimum absolute atomic E-state index is 0.184. The van der Waals surface area contributed by atoms with E-state index in [0.29, 0.717) is 30.6 Å². The predicted molar refractivity (Wildman–Crippen MR) is 142 cm³/mol. The molecule has 4 rings (SSSR count). The van der Waals surface area contributed by atoms with E-state index in [-0.39, 0.29) is 24.1 Å². The fourth-order valence-electron chi connectivity index (χ4n) is 6.64. The molecule has 4 aliphatic carbocycles. The number of esters is 1. The Bertz CT molecular complexity index is 923. The number of ether oxygens (including phenoxy) is 1. The van der Waals surface area contributed by atoms with Gasteiger partial charge in [0.25, 0.3) is 0 Å². The van der Waals surface area contributed by atoms with Crippen LogP contribution < -0.4 is 0 Å². The van der Waals surface area contributed by atoms with E-state index in [0.717, 1.165) is 36.8 Å². The molecule has 6 unspecified atom stereocenters. The zero-order valence-corrected chi connectivity index (χ0v) is 22.4. The van der Waals surface area contributed by atoms with Crippen molar-refractivity contribution in [3.63, 3.8) is 0 Å². The Hall–Kier alpha value is -1.69. The average molecular weight is 499 g/mol. The van der Waals surface area contributed by atoms with Crippen molar-refractivity contribution in [2.45, 2.75) is 103 Å². The van der Waals surface area contributed by atoms with Gasteiger partial charge in [-0.05, 0) is 112 Å². The van der Waals surface area contributed by atoms with Crippen LogP contribution in [0.2, 0.25) is 0 Å². The van der Waals surface area contributed by atoms with Gasteiger partial charge >= 0.3 is 5.97 Å². The van der Waals surface area contributed by atoms with Crippen LogP contribution in [-0.4, -0.2) is 46.2 Å². The van der Waals surface area contributed by atoms with Crippen LogP contribution in [0.5, 0.6) is 0 Å². The topological polar surface area (TPSA) is 87.0 Å². The molecule has 4 saturated carbocycles. The second kappa shape index (κ2) is 11.0. The molecule has 5 nitrogen and oxygen atoms in total. The lowest BCUT2D eigenvalue weighted by Crippen LogP contribution is -2.34. The summed E-state index contributed by atoms with van der Waals surface area (Å²) >= 11 is 0. The zero-order valence-electron chi connectivity index (χ0n) is 22.4. The van der Waals surface area contributed by atoms with Crippen LogP contribution >= 0.6 is 0 Å². The SMILES string of the molecule is C=C1/C(=C\C=C2/CCCC3(C)C(C/C=C/C(OC(=O)C(C)(C)CO)C4CC4)CCC23)CC(O)CC1O. The first-order valence-electron chi connectivity index (χ1n) is 14.0. The van der Waals surface area contributed by atoms with Crippen molar-refractivity contribution in [3.05, 3.63) is 47.6 Å². The van der Waals surface area contributed by atoms with Crippen LogP contribution in [0.3, 0.4) is 0 Å². The molecule has 0 aliphatic heterocycles. The summed E-state index contributed by atoms with van der Waals surface area (Å²) in [5, 5.41) is 29.8. The molecule has 0 radical (unpaired) electrons. The molecule has 3 N–H and O–H groups in total. The lowest BCUT2D eigenvalue weighted by Gasteiger charge is -2.42. The van der Waals surface area contributed by atoms with Gasteiger partial charge in [-0.2, -0.15) is 0 Å². The quantitative estimate of drug-likeness (QED) is 0.308. The van der Waals surface area contributed by atoms with E-state index in [4.69, 9.17) is 4.74 Å². The van der Waals surface area contributed by atoms with Gasteiger partial charge in [-0.25, -0.2) is 0 Å². The van der Waals surface area contributed by atoms with Crippen molar-refractivity contribution in [2.24, 2.45) is 28.6 Å². The molecule has 0 saturated heterocycles. The highest BCUT2D eigenvalue weighted by Gasteiger charge is 2.48. The number of hydrogen-bond donors (Lipinski definition) is 3. The van der Waals surface area contributed by atoms with Gasteiger partial charge < -0.3 is 20.1 Å². The highest BCUT2D eigenvalue weighted by Crippen LogP contribution is 2.58. The second-order valence-corrected chi connectivity index (χ2v) is 12.7. The molecule has 0 spiro atoms. The van der Waals surface area contributed by atoms with E-state index in [1.54, 1.807) is 13.8 Å². The second-order valence-electron chi connectivity index (χ2n) is 12.7. The van der Waals surface area contributed by atoms with Crippen LogP contribution in [0.25, 0.3) is 0 Å². The Morgan fingerprint density at radius 1 is 1.22 bits per heavy atom. The van der Waals surface area contributed by atoms with Crippen molar-refractivity contribution < 1.29 is 24.9 Å². The molecular formula is C31H46O5. The Labute approximate surface area is 217 Å². The molecule has 0 amide bonds. The minimum Gasteiger partial charge on any atom is -0.457 e. The standard InChI is InChI=1S/C31H46O5/c1-20-23(17-25(33)18-27(20)34)13-10-21-7-6-16-31(4)24(14-15-26(21)31)8-5-9-28(22-11-12-22)36-29(35)30(2,3)19-32/h5,9-10,13,22,24-28,32-34H,1,6-8,11-12,14-19H2,2-4H3/b9-5+,21-10+,23-13-. The molecule has 36 heavy (non-hydrogen) atoms. The highest BCUT2D eigenvalue weighted by atomic mass is 16.5. The van der Waals surface area contributed by atoms with Crippen LogP contribution in [-0.2, 0) is 9.53 Å². The molecule has 6 atom stereocenters. The van der Waals surface area contributed by atoms with Crippen LogP contribution in [0.4, 0.5) is 0 Å². The molecule has 200 valence electrons. The maximum Gasteiger partial charge on any atom is 0.314 e. The molecule has 0 heterocycles. The van der Waals surface area contributed by atoms with Gasteiger partial charge in [0.1, 0.15) is 6.10 Å². The minimum atomic E-state index is -0.868. The predicted octanol–water partition coefficient (Wildman–Crippen LogP) is 5.41. The lowest BCUT2D eigenvalue weighted by molar-refractivity contribution is -0.160. The highest BCUT2D eigenvalue weighted by molar-refractivity contribution is 5.76. The summed E-state index contributed by atoms with van der Waals surface area (Å²) in [6, 6.07) is 0. The van der Waals surface area contributed by atoms with Crippen molar-refractivity contribution in [3.8, 4) is 0 Å². The number of allylic oxidation sites excluding steroid dienone is 4. The summed E-state index contributed by atoms with van der Waals surface area (Å²) in [7, 11) is 0. The summed E-state index contributed by atoms with van der Waals surface area (Å²) in [4.78, 5) is 12.5. The Morgan fingerprint density at radius 3 is 2.67 bits per heavy atom. The van der Waals surface area contributed by atoms with E-state index in [1.807, 2.05) is 0 Å². The fourth-order valence-corrected chi connectivity index (χ4v) is 6.64. The zero-order chi connectivity index (χ0) is 26.1. The largest absolute Gasteiger partial charge is 0.457 e.